The standard InChI is InChI=1S/C19H17N7O/c27-19(17-14-23-26(24-17)15-6-2-1-3-7-15)22-11-13-25-12-10-21-18(25)16-8-4-5-9-20-16/h1-10,12,14H,11,13H2,(H,22,27). The molecule has 0 aliphatic heterocycles. The van der Waals surface area contributed by atoms with Crippen LogP contribution in [0.1, 0.15) is 10.5 Å². The summed E-state index contributed by atoms with van der Waals surface area (Å²) in [4.78, 5) is 22.4. The topological polar surface area (TPSA) is 90.5 Å². The predicted octanol–water partition coefficient (Wildman–Crippen LogP) is 1.96. The van der Waals surface area contributed by atoms with Crippen molar-refractivity contribution in [1.29, 1.82) is 0 Å². The van der Waals surface area contributed by atoms with E-state index in [1.165, 1.54) is 11.0 Å². The molecule has 1 aromatic carbocycles. The molecule has 0 bridgehead atoms. The molecule has 0 aliphatic carbocycles. The van der Waals surface area contributed by atoms with Gasteiger partial charge in [-0.15, -0.1) is 5.10 Å². The molecule has 134 valence electrons. The number of carbonyl (C=O) groups is 1. The van der Waals surface area contributed by atoms with Crippen LogP contribution in [0.4, 0.5) is 0 Å². The Kier molecular flexibility index (Phi) is 4.69. The van der Waals surface area contributed by atoms with Gasteiger partial charge in [-0.2, -0.15) is 9.90 Å². The van der Waals surface area contributed by atoms with Crippen LogP contribution in [-0.2, 0) is 6.54 Å². The van der Waals surface area contributed by atoms with Crippen molar-refractivity contribution < 1.29 is 4.79 Å². The van der Waals surface area contributed by atoms with Gasteiger partial charge in [-0.25, -0.2) is 4.98 Å². The van der Waals surface area contributed by atoms with Crippen molar-refractivity contribution in [1.82, 2.24) is 34.8 Å². The van der Waals surface area contributed by atoms with Crippen LogP contribution in [0.3, 0.4) is 0 Å². The number of nitrogens with one attached hydrogen (secondary N) is 1. The summed E-state index contributed by atoms with van der Waals surface area (Å²) in [6, 6.07) is 15.1. The minimum absolute atomic E-state index is 0.267. The van der Waals surface area contributed by atoms with Crippen LogP contribution in [0, 0.1) is 0 Å². The van der Waals surface area contributed by atoms with Crippen LogP contribution in [0.15, 0.2) is 73.3 Å². The van der Waals surface area contributed by atoms with Crippen LogP contribution in [0.5, 0.6) is 0 Å². The zero-order valence-electron chi connectivity index (χ0n) is 14.4. The van der Waals surface area contributed by atoms with Gasteiger partial charge in [0.2, 0.25) is 0 Å². The normalized spacial score (nSPS) is 10.7. The molecule has 1 amide bonds. The zero-order valence-corrected chi connectivity index (χ0v) is 14.4. The van der Waals surface area contributed by atoms with Gasteiger partial charge in [-0.05, 0) is 24.3 Å². The Labute approximate surface area is 155 Å². The van der Waals surface area contributed by atoms with Gasteiger partial charge in [0.1, 0.15) is 5.69 Å². The summed E-state index contributed by atoms with van der Waals surface area (Å²) < 4.78 is 1.95. The van der Waals surface area contributed by atoms with E-state index in [4.69, 9.17) is 0 Å². The molecule has 4 aromatic rings. The lowest BCUT2D eigenvalue weighted by Crippen LogP contribution is -2.27. The average Bonchev–Trinajstić information content (AvgIpc) is 3.39. The second-order valence-corrected chi connectivity index (χ2v) is 5.77. The van der Waals surface area contributed by atoms with Crippen LogP contribution < -0.4 is 5.32 Å². The number of benzene rings is 1. The first-order valence-electron chi connectivity index (χ1n) is 8.50. The highest BCUT2D eigenvalue weighted by atomic mass is 16.2. The van der Waals surface area contributed by atoms with Gasteiger partial charge >= 0.3 is 0 Å². The third kappa shape index (κ3) is 3.74. The number of carbonyl (C=O) groups excluding carboxylic acids is 1. The highest BCUT2D eigenvalue weighted by molar-refractivity contribution is 5.91. The number of aromatic nitrogens is 6. The highest BCUT2D eigenvalue weighted by Gasteiger charge is 2.12. The number of hydrogen-bond acceptors (Lipinski definition) is 5. The Morgan fingerprint density at radius 3 is 2.67 bits per heavy atom. The fraction of sp³-hybridized carbons (Fsp3) is 0.105. The maximum atomic E-state index is 12.3. The molecule has 0 saturated carbocycles. The maximum absolute atomic E-state index is 12.3. The van der Waals surface area contributed by atoms with Crippen molar-refractivity contribution in [2.75, 3.05) is 6.54 Å². The molecular formula is C19H17N7O. The molecule has 8 heteroatoms. The zero-order chi connectivity index (χ0) is 18.5. The fourth-order valence-corrected chi connectivity index (χ4v) is 2.65. The molecule has 0 unspecified atom stereocenters. The largest absolute Gasteiger partial charge is 0.349 e. The molecule has 3 heterocycles. The summed E-state index contributed by atoms with van der Waals surface area (Å²) >= 11 is 0. The Morgan fingerprint density at radius 1 is 1.00 bits per heavy atom. The lowest BCUT2D eigenvalue weighted by atomic mass is 10.3. The molecular weight excluding hydrogens is 342 g/mol. The lowest BCUT2D eigenvalue weighted by Gasteiger charge is -2.08. The minimum Gasteiger partial charge on any atom is -0.349 e. The second-order valence-electron chi connectivity index (χ2n) is 5.77. The third-order valence-electron chi connectivity index (χ3n) is 3.96. The van der Waals surface area contributed by atoms with Gasteiger partial charge < -0.3 is 9.88 Å². The van der Waals surface area contributed by atoms with Crippen molar-refractivity contribution in [3.8, 4) is 17.2 Å². The van der Waals surface area contributed by atoms with Gasteiger partial charge in [0, 0.05) is 31.7 Å². The summed E-state index contributed by atoms with van der Waals surface area (Å²) in [6.45, 7) is 1.01. The van der Waals surface area contributed by atoms with E-state index in [0.29, 0.717) is 13.1 Å². The number of pyridine rings is 1. The van der Waals surface area contributed by atoms with E-state index < -0.39 is 0 Å². The van der Waals surface area contributed by atoms with E-state index in [1.807, 2.05) is 59.3 Å². The molecule has 0 spiro atoms. The van der Waals surface area contributed by atoms with Crippen LogP contribution in [0.2, 0.25) is 0 Å². The quantitative estimate of drug-likeness (QED) is 0.568. The third-order valence-corrected chi connectivity index (χ3v) is 3.96. The van der Waals surface area contributed by atoms with Crippen LogP contribution in [-0.4, -0.2) is 42.0 Å². The summed E-state index contributed by atoms with van der Waals surface area (Å²) in [7, 11) is 0. The lowest BCUT2D eigenvalue weighted by molar-refractivity contribution is 0.0947. The number of amides is 1. The van der Waals surface area contributed by atoms with Crippen molar-refractivity contribution in [2.45, 2.75) is 6.54 Å². The van der Waals surface area contributed by atoms with Gasteiger partial charge in [0.15, 0.2) is 11.5 Å². The number of para-hydroxylation sites is 1. The second kappa shape index (κ2) is 7.61. The van der Waals surface area contributed by atoms with E-state index in [1.54, 1.807) is 12.4 Å². The van der Waals surface area contributed by atoms with Crippen molar-refractivity contribution in [3.63, 3.8) is 0 Å². The van der Waals surface area contributed by atoms with E-state index >= 15 is 0 Å². The Morgan fingerprint density at radius 2 is 1.85 bits per heavy atom. The molecule has 0 fully saturated rings. The van der Waals surface area contributed by atoms with E-state index in [-0.39, 0.29) is 11.6 Å². The fourth-order valence-electron chi connectivity index (χ4n) is 2.65. The first kappa shape index (κ1) is 16.6. The molecule has 0 aliphatic rings. The van der Waals surface area contributed by atoms with Crippen molar-refractivity contribution >= 4 is 5.91 Å². The van der Waals surface area contributed by atoms with E-state index in [9.17, 15) is 4.79 Å². The minimum atomic E-state index is -0.267. The summed E-state index contributed by atoms with van der Waals surface area (Å²) in [6.07, 6.45) is 6.77. The molecule has 8 nitrogen and oxygen atoms in total. The summed E-state index contributed by atoms with van der Waals surface area (Å²) in [5, 5.41) is 11.2. The van der Waals surface area contributed by atoms with E-state index in [2.05, 4.69) is 25.5 Å². The Balaban J connectivity index is 1.37. The molecule has 3 aromatic heterocycles. The van der Waals surface area contributed by atoms with Crippen molar-refractivity contribution in [2.24, 2.45) is 0 Å². The van der Waals surface area contributed by atoms with Gasteiger partial charge in [-0.1, -0.05) is 24.3 Å². The highest BCUT2D eigenvalue weighted by Crippen LogP contribution is 2.13. The number of hydrogen-bond donors (Lipinski definition) is 1. The Hall–Kier alpha value is -3.81. The smallest absolute Gasteiger partial charge is 0.273 e. The van der Waals surface area contributed by atoms with Crippen molar-refractivity contribution in [3.05, 3.63) is 79.0 Å². The average molecular weight is 359 g/mol. The van der Waals surface area contributed by atoms with Crippen LogP contribution in [0.25, 0.3) is 17.2 Å². The summed E-state index contributed by atoms with van der Waals surface area (Å²) in [5.74, 6) is 0.497. The van der Waals surface area contributed by atoms with Gasteiger partial charge in [-0.3, -0.25) is 9.78 Å². The number of imidazole rings is 1. The number of rotatable bonds is 6. The first-order chi connectivity index (χ1) is 13.3. The monoisotopic (exact) mass is 359 g/mol. The first-order valence-corrected chi connectivity index (χ1v) is 8.50. The SMILES string of the molecule is O=C(NCCn1ccnc1-c1ccccn1)c1cnn(-c2ccccc2)n1. The molecule has 1 N–H and O–H groups in total. The maximum Gasteiger partial charge on any atom is 0.273 e. The van der Waals surface area contributed by atoms with E-state index in [0.717, 1.165) is 17.2 Å². The van der Waals surface area contributed by atoms with Gasteiger partial charge in [0.25, 0.3) is 5.91 Å². The Bertz CT molecular complexity index is 1020. The summed E-state index contributed by atoms with van der Waals surface area (Å²) in [5.41, 5.74) is 1.86. The predicted molar refractivity (Wildman–Crippen MR) is 99.2 cm³/mol. The molecule has 0 saturated heterocycles. The molecule has 0 radical (unpaired) electrons. The number of nitrogens with zero attached hydrogens (tertiary/aromatic N) is 6. The molecule has 4 rings (SSSR count). The van der Waals surface area contributed by atoms with Crippen LogP contribution >= 0.6 is 0 Å². The van der Waals surface area contributed by atoms with Gasteiger partial charge in [0.05, 0.1) is 11.9 Å². The molecule has 0 atom stereocenters. The molecule has 27 heavy (non-hydrogen) atoms.